The van der Waals surface area contributed by atoms with Gasteiger partial charge >= 0.3 is 0 Å². The zero-order valence-electron chi connectivity index (χ0n) is 23.7. The normalized spacial score (nSPS) is 16.9. The Hall–Kier alpha value is -3.00. The lowest BCUT2D eigenvalue weighted by atomic mass is 9.60. The lowest BCUT2D eigenvalue weighted by Crippen LogP contribution is -2.53. The molecular formula is C29H37ClN7O2P. The smallest absolute Gasteiger partial charge is 0.294 e. The summed E-state index contributed by atoms with van der Waals surface area (Å²) >= 11 is 6.44. The van der Waals surface area contributed by atoms with Crippen molar-refractivity contribution in [3.05, 3.63) is 63.3 Å². The lowest BCUT2D eigenvalue weighted by Gasteiger charge is -2.54. The average molecular weight is 582 g/mol. The van der Waals surface area contributed by atoms with Gasteiger partial charge in [-0.2, -0.15) is 4.98 Å². The predicted octanol–water partition coefficient (Wildman–Crippen LogP) is 6.51. The molecule has 0 atom stereocenters. The molecule has 2 aliphatic rings. The molecule has 5 rings (SSSR count). The van der Waals surface area contributed by atoms with Crippen LogP contribution in [-0.2, 0) is 0 Å². The van der Waals surface area contributed by atoms with Crippen molar-refractivity contribution in [3.8, 4) is 0 Å². The fourth-order valence-electron chi connectivity index (χ4n) is 5.88. The molecule has 1 spiro atoms. The lowest BCUT2D eigenvalue weighted by molar-refractivity contribution is -0.384. The standard InChI is InChI=1S/C29H37ClN7O2P/c1-19-14-24(36-12-10-29(11-13-36)16-20(17-29)35(2)3)25(37(38)39)15-23(19)33-28-31-18-21(30)27(34-28)32-22-8-6-7-9-26(22)40(4)5/h6-9,14-15,18,20H,10-13,16-17H2,1-5H3,(H2,31,32,33,34). The van der Waals surface area contributed by atoms with Crippen molar-refractivity contribution in [1.82, 2.24) is 14.9 Å². The molecule has 11 heteroatoms. The van der Waals surface area contributed by atoms with Crippen LogP contribution in [-0.4, -0.2) is 66.3 Å². The maximum atomic E-state index is 12.2. The van der Waals surface area contributed by atoms with Gasteiger partial charge in [0.1, 0.15) is 10.7 Å². The molecule has 2 heterocycles. The Labute approximate surface area is 242 Å². The average Bonchev–Trinajstić information content (AvgIpc) is 2.90. The van der Waals surface area contributed by atoms with Gasteiger partial charge in [0.15, 0.2) is 5.82 Å². The number of nitro benzene ring substituents is 1. The summed E-state index contributed by atoms with van der Waals surface area (Å²) in [4.78, 5) is 25.3. The second-order valence-electron chi connectivity index (χ2n) is 11.5. The van der Waals surface area contributed by atoms with Crippen LogP contribution in [0.4, 0.5) is 34.5 Å². The van der Waals surface area contributed by atoms with Crippen LogP contribution in [0.15, 0.2) is 42.6 Å². The van der Waals surface area contributed by atoms with E-state index in [1.54, 1.807) is 6.07 Å². The van der Waals surface area contributed by atoms with E-state index in [-0.39, 0.29) is 18.5 Å². The molecule has 9 nitrogen and oxygen atoms in total. The van der Waals surface area contributed by atoms with Crippen LogP contribution in [0.2, 0.25) is 5.02 Å². The summed E-state index contributed by atoms with van der Waals surface area (Å²) in [6.07, 6.45) is 6.12. The van der Waals surface area contributed by atoms with Gasteiger partial charge < -0.3 is 20.4 Å². The van der Waals surface area contributed by atoms with E-state index >= 15 is 0 Å². The van der Waals surface area contributed by atoms with Crippen molar-refractivity contribution in [3.63, 3.8) is 0 Å². The topological polar surface area (TPSA) is 99.5 Å². The Bertz CT molecular complexity index is 1400. The number of hydrogen-bond donors (Lipinski definition) is 2. The predicted molar refractivity (Wildman–Crippen MR) is 167 cm³/mol. The highest BCUT2D eigenvalue weighted by atomic mass is 35.5. The molecule has 1 aromatic heterocycles. The summed E-state index contributed by atoms with van der Waals surface area (Å²) in [5.74, 6) is 0.784. The third-order valence-corrected chi connectivity index (χ3v) is 10.0. The molecule has 3 aromatic rings. The van der Waals surface area contributed by atoms with Gasteiger partial charge in [-0.1, -0.05) is 37.7 Å². The number of anilines is 5. The van der Waals surface area contributed by atoms with Crippen molar-refractivity contribution in [2.24, 2.45) is 5.41 Å². The molecule has 0 amide bonds. The molecule has 0 bridgehead atoms. The Morgan fingerprint density at radius 3 is 2.48 bits per heavy atom. The van der Waals surface area contributed by atoms with Crippen molar-refractivity contribution in [2.45, 2.75) is 38.6 Å². The molecule has 2 N–H and O–H groups in total. The van der Waals surface area contributed by atoms with Crippen LogP contribution in [0.25, 0.3) is 0 Å². The van der Waals surface area contributed by atoms with Gasteiger partial charge in [-0.05, 0) is 88.4 Å². The molecule has 212 valence electrons. The van der Waals surface area contributed by atoms with Gasteiger partial charge in [0, 0.05) is 30.9 Å². The summed E-state index contributed by atoms with van der Waals surface area (Å²) in [5.41, 5.74) is 3.59. The second kappa shape index (κ2) is 11.5. The zero-order chi connectivity index (χ0) is 28.6. The van der Waals surface area contributed by atoms with Crippen LogP contribution in [0.1, 0.15) is 31.2 Å². The molecular weight excluding hydrogens is 545 g/mol. The van der Waals surface area contributed by atoms with Crippen molar-refractivity contribution >= 4 is 59.3 Å². The number of nitro groups is 1. The van der Waals surface area contributed by atoms with Gasteiger partial charge in [-0.3, -0.25) is 10.1 Å². The quantitative estimate of drug-likeness (QED) is 0.176. The van der Waals surface area contributed by atoms with Crippen LogP contribution in [0.3, 0.4) is 0 Å². The highest BCUT2D eigenvalue weighted by molar-refractivity contribution is 7.64. The minimum Gasteiger partial charge on any atom is -0.366 e. The minimum atomic E-state index is -0.335. The first-order valence-electron chi connectivity index (χ1n) is 13.6. The molecule has 1 saturated carbocycles. The van der Waals surface area contributed by atoms with Gasteiger partial charge in [-0.15, -0.1) is 0 Å². The van der Waals surface area contributed by atoms with Crippen molar-refractivity contribution in [1.29, 1.82) is 0 Å². The fourth-order valence-corrected chi connectivity index (χ4v) is 7.02. The van der Waals surface area contributed by atoms with Gasteiger partial charge in [-0.25, -0.2) is 4.98 Å². The van der Waals surface area contributed by atoms with Crippen molar-refractivity contribution in [2.75, 3.05) is 56.0 Å². The molecule has 0 radical (unpaired) electrons. The molecule has 40 heavy (non-hydrogen) atoms. The summed E-state index contributed by atoms with van der Waals surface area (Å²) < 4.78 is 0. The Morgan fingerprint density at radius 2 is 1.82 bits per heavy atom. The largest absolute Gasteiger partial charge is 0.366 e. The number of benzene rings is 2. The summed E-state index contributed by atoms with van der Waals surface area (Å²) in [5, 5.41) is 20.3. The number of para-hydroxylation sites is 1. The van der Waals surface area contributed by atoms with Crippen LogP contribution in [0, 0.1) is 22.5 Å². The van der Waals surface area contributed by atoms with Crippen LogP contribution >= 0.6 is 19.5 Å². The van der Waals surface area contributed by atoms with E-state index < -0.39 is 0 Å². The SMILES string of the molecule is Cc1cc(N2CCC3(CC2)CC(N(C)C)C3)c([N+](=O)[O-])cc1Nc1ncc(Cl)c(Nc2ccccc2P(C)C)n1. The fraction of sp³-hybridized carbons (Fsp3) is 0.448. The molecule has 1 saturated heterocycles. The number of rotatable bonds is 8. The van der Waals surface area contributed by atoms with Crippen LogP contribution in [0.5, 0.6) is 0 Å². The van der Waals surface area contributed by atoms with Gasteiger partial charge in [0.25, 0.3) is 5.69 Å². The van der Waals surface area contributed by atoms with E-state index in [0.717, 1.165) is 37.2 Å². The number of aryl methyl sites for hydroxylation is 1. The Kier molecular flexibility index (Phi) is 8.18. The maximum absolute atomic E-state index is 12.2. The number of halogens is 1. The summed E-state index contributed by atoms with van der Waals surface area (Å²) in [6, 6.07) is 12.3. The highest BCUT2D eigenvalue weighted by Gasteiger charge is 2.46. The van der Waals surface area contributed by atoms with Crippen LogP contribution < -0.4 is 20.8 Å². The second-order valence-corrected chi connectivity index (χ2v) is 14.2. The Morgan fingerprint density at radius 1 is 1.12 bits per heavy atom. The highest BCUT2D eigenvalue weighted by Crippen LogP contribution is 2.51. The number of nitrogens with zero attached hydrogens (tertiary/aromatic N) is 5. The third kappa shape index (κ3) is 5.87. The molecule has 1 aliphatic heterocycles. The molecule has 2 fully saturated rings. The molecule has 0 unspecified atom stereocenters. The number of aromatic nitrogens is 2. The maximum Gasteiger partial charge on any atom is 0.294 e. The van der Waals surface area contributed by atoms with E-state index in [9.17, 15) is 10.1 Å². The van der Waals surface area contributed by atoms with E-state index in [0.29, 0.717) is 39.6 Å². The van der Waals surface area contributed by atoms with Gasteiger partial charge in [0.2, 0.25) is 5.95 Å². The number of hydrogen-bond acceptors (Lipinski definition) is 8. The number of nitrogens with one attached hydrogen (secondary N) is 2. The van der Waals surface area contributed by atoms with E-state index in [4.69, 9.17) is 11.6 Å². The first kappa shape index (κ1) is 28.5. The number of piperidine rings is 1. The minimum absolute atomic E-state index is 0.0873. The first-order valence-corrected chi connectivity index (χ1v) is 16.2. The third-order valence-electron chi connectivity index (χ3n) is 8.38. The molecule has 2 aromatic carbocycles. The van der Waals surface area contributed by atoms with E-state index in [1.165, 1.54) is 24.3 Å². The van der Waals surface area contributed by atoms with E-state index in [2.05, 4.69) is 63.9 Å². The summed E-state index contributed by atoms with van der Waals surface area (Å²) in [6.45, 7) is 8.01. The molecule has 1 aliphatic carbocycles. The Balaban J connectivity index is 1.35. The van der Waals surface area contributed by atoms with Gasteiger partial charge in [0.05, 0.1) is 16.8 Å². The summed E-state index contributed by atoms with van der Waals surface area (Å²) in [7, 11) is 3.96. The zero-order valence-corrected chi connectivity index (χ0v) is 25.4. The van der Waals surface area contributed by atoms with Crippen molar-refractivity contribution < 1.29 is 4.92 Å². The first-order chi connectivity index (χ1) is 19.0. The van der Waals surface area contributed by atoms with E-state index in [1.807, 2.05) is 31.2 Å². The monoisotopic (exact) mass is 581 g/mol.